The summed E-state index contributed by atoms with van der Waals surface area (Å²) in [6, 6.07) is 6.98. The summed E-state index contributed by atoms with van der Waals surface area (Å²) in [5.41, 5.74) is 1.04. The second kappa shape index (κ2) is 6.41. The second-order valence-corrected chi connectivity index (χ2v) is 4.89. The van der Waals surface area contributed by atoms with Crippen molar-refractivity contribution in [3.8, 4) is 5.75 Å². The Morgan fingerprint density at radius 1 is 1.30 bits per heavy atom. The average Bonchev–Trinajstić information content (AvgIpc) is 2.69. The van der Waals surface area contributed by atoms with Gasteiger partial charge in [-0.15, -0.1) is 0 Å². The van der Waals surface area contributed by atoms with Crippen LogP contribution in [0.1, 0.15) is 25.3 Å². The van der Waals surface area contributed by atoms with Gasteiger partial charge in [-0.05, 0) is 25.0 Å². The van der Waals surface area contributed by atoms with Crippen molar-refractivity contribution in [2.75, 3.05) is 13.2 Å². The molecule has 2 rings (SSSR count). The van der Waals surface area contributed by atoms with Gasteiger partial charge in [-0.1, -0.05) is 31.5 Å². The van der Waals surface area contributed by atoms with Crippen molar-refractivity contribution in [1.82, 2.24) is 10.2 Å². The van der Waals surface area contributed by atoms with E-state index in [9.17, 15) is 9.59 Å². The highest BCUT2D eigenvalue weighted by atomic mass is 16.5. The minimum atomic E-state index is -0.369. The fourth-order valence-corrected chi connectivity index (χ4v) is 2.24. The van der Waals surface area contributed by atoms with E-state index in [1.807, 2.05) is 38.1 Å². The Hall–Kier alpha value is -2.04. The molecule has 20 heavy (non-hydrogen) atoms. The lowest BCUT2D eigenvalue weighted by Gasteiger charge is -2.14. The maximum absolute atomic E-state index is 12.0. The SMILES string of the molecule is CCC[C@@H]1NC(=O)N(CCOc2ccccc2C)C1=O. The molecular weight excluding hydrogens is 256 g/mol. The molecule has 1 aliphatic rings. The molecule has 1 saturated heterocycles. The summed E-state index contributed by atoms with van der Waals surface area (Å²) in [4.78, 5) is 25.0. The van der Waals surface area contributed by atoms with Gasteiger partial charge in [0, 0.05) is 0 Å². The Kier molecular flexibility index (Phi) is 4.61. The standard InChI is InChI=1S/C15H20N2O3/c1-3-6-12-14(18)17(15(19)16-12)9-10-20-13-8-5-4-7-11(13)2/h4-5,7-8,12H,3,6,9-10H2,1-2H3,(H,16,19)/t12-/m0/s1. The molecule has 1 aromatic rings. The Morgan fingerprint density at radius 2 is 2.05 bits per heavy atom. The van der Waals surface area contributed by atoms with E-state index in [0.717, 1.165) is 17.7 Å². The molecule has 1 fully saturated rings. The number of aryl methyl sites for hydroxylation is 1. The van der Waals surface area contributed by atoms with Crippen LogP contribution in [0.5, 0.6) is 5.75 Å². The summed E-state index contributed by atoms with van der Waals surface area (Å²) in [7, 11) is 0. The number of carbonyl (C=O) groups is 2. The number of hydrogen-bond acceptors (Lipinski definition) is 3. The predicted molar refractivity (Wildman–Crippen MR) is 75.6 cm³/mol. The lowest BCUT2D eigenvalue weighted by Crippen LogP contribution is -2.35. The Balaban J connectivity index is 1.87. The fraction of sp³-hybridized carbons (Fsp3) is 0.467. The Bertz CT molecular complexity index is 502. The summed E-state index contributed by atoms with van der Waals surface area (Å²) >= 11 is 0. The lowest BCUT2D eigenvalue weighted by molar-refractivity contribution is -0.127. The van der Waals surface area contributed by atoms with Crippen LogP contribution in [0.4, 0.5) is 4.79 Å². The number of rotatable bonds is 6. The van der Waals surface area contributed by atoms with Crippen LogP contribution in [0.2, 0.25) is 0 Å². The quantitative estimate of drug-likeness (QED) is 0.809. The third-order valence-corrected chi connectivity index (χ3v) is 3.35. The van der Waals surface area contributed by atoms with Crippen LogP contribution in [-0.2, 0) is 4.79 Å². The number of imide groups is 1. The van der Waals surface area contributed by atoms with Gasteiger partial charge in [0.1, 0.15) is 18.4 Å². The van der Waals surface area contributed by atoms with Gasteiger partial charge in [0.05, 0.1) is 6.54 Å². The molecule has 1 atom stereocenters. The van der Waals surface area contributed by atoms with E-state index >= 15 is 0 Å². The summed E-state index contributed by atoms with van der Waals surface area (Å²) in [5, 5.41) is 2.70. The van der Waals surface area contributed by atoms with Crippen LogP contribution in [-0.4, -0.2) is 36.0 Å². The number of urea groups is 1. The van der Waals surface area contributed by atoms with Gasteiger partial charge in [-0.25, -0.2) is 4.79 Å². The number of para-hydroxylation sites is 1. The van der Waals surface area contributed by atoms with Gasteiger partial charge in [0.15, 0.2) is 0 Å². The zero-order valence-electron chi connectivity index (χ0n) is 11.9. The third-order valence-electron chi connectivity index (χ3n) is 3.35. The van der Waals surface area contributed by atoms with Crippen LogP contribution in [0.25, 0.3) is 0 Å². The van der Waals surface area contributed by atoms with Crippen molar-refractivity contribution in [2.45, 2.75) is 32.7 Å². The van der Waals surface area contributed by atoms with Gasteiger partial charge in [0.2, 0.25) is 0 Å². The highest BCUT2D eigenvalue weighted by Crippen LogP contribution is 2.16. The van der Waals surface area contributed by atoms with Gasteiger partial charge in [-0.2, -0.15) is 0 Å². The molecule has 0 bridgehead atoms. The van der Waals surface area contributed by atoms with Crippen molar-refractivity contribution in [2.24, 2.45) is 0 Å². The zero-order valence-corrected chi connectivity index (χ0v) is 11.9. The molecule has 0 aliphatic carbocycles. The van der Waals surface area contributed by atoms with E-state index in [1.165, 1.54) is 4.90 Å². The van der Waals surface area contributed by atoms with Crippen molar-refractivity contribution < 1.29 is 14.3 Å². The van der Waals surface area contributed by atoms with Crippen LogP contribution in [0.3, 0.4) is 0 Å². The zero-order chi connectivity index (χ0) is 14.5. The molecule has 3 amide bonds. The van der Waals surface area contributed by atoms with Gasteiger partial charge >= 0.3 is 6.03 Å². The smallest absolute Gasteiger partial charge is 0.324 e. The summed E-state index contributed by atoms with van der Waals surface area (Å²) in [6.07, 6.45) is 1.55. The van der Waals surface area contributed by atoms with Crippen LogP contribution in [0, 0.1) is 6.92 Å². The van der Waals surface area contributed by atoms with Crippen LogP contribution >= 0.6 is 0 Å². The van der Waals surface area contributed by atoms with Gasteiger partial charge < -0.3 is 10.1 Å². The van der Waals surface area contributed by atoms with E-state index in [4.69, 9.17) is 4.74 Å². The number of hydrogen-bond donors (Lipinski definition) is 1. The molecule has 0 radical (unpaired) electrons. The molecule has 5 nitrogen and oxygen atoms in total. The van der Waals surface area contributed by atoms with E-state index in [-0.39, 0.29) is 24.5 Å². The first-order valence-corrected chi connectivity index (χ1v) is 6.93. The molecule has 1 aliphatic heterocycles. The third kappa shape index (κ3) is 3.10. The van der Waals surface area contributed by atoms with E-state index in [1.54, 1.807) is 0 Å². The fourth-order valence-electron chi connectivity index (χ4n) is 2.24. The van der Waals surface area contributed by atoms with E-state index in [2.05, 4.69) is 5.32 Å². The molecule has 0 spiro atoms. The van der Waals surface area contributed by atoms with Crippen molar-refractivity contribution in [1.29, 1.82) is 0 Å². The Morgan fingerprint density at radius 3 is 2.75 bits per heavy atom. The lowest BCUT2D eigenvalue weighted by atomic mass is 10.2. The van der Waals surface area contributed by atoms with Gasteiger partial charge in [0.25, 0.3) is 5.91 Å². The van der Waals surface area contributed by atoms with Crippen molar-refractivity contribution in [3.63, 3.8) is 0 Å². The maximum Gasteiger partial charge on any atom is 0.324 e. The topological polar surface area (TPSA) is 58.6 Å². The normalized spacial score (nSPS) is 18.3. The number of ether oxygens (including phenoxy) is 1. The molecule has 0 unspecified atom stereocenters. The van der Waals surface area contributed by atoms with Crippen LogP contribution in [0.15, 0.2) is 24.3 Å². The molecule has 1 aromatic carbocycles. The van der Waals surface area contributed by atoms with Crippen molar-refractivity contribution in [3.05, 3.63) is 29.8 Å². The highest BCUT2D eigenvalue weighted by molar-refractivity contribution is 6.04. The maximum atomic E-state index is 12.0. The molecule has 5 heteroatoms. The summed E-state index contributed by atoms with van der Waals surface area (Å²) in [6.45, 7) is 4.53. The highest BCUT2D eigenvalue weighted by Gasteiger charge is 2.36. The molecule has 108 valence electrons. The number of amides is 3. The minimum Gasteiger partial charge on any atom is -0.491 e. The van der Waals surface area contributed by atoms with Crippen LogP contribution < -0.4 is 10.1 Å². The molecular formula is C15H20N2O3. The molecule has 1 heterocycles. The van der Waals surface area contributed by atoms with Crippen molar-refractivity contribution >= 4 is 11.9 Å². The summed E-state index contributed by atoms with van der Waals surface area (Å²) < 4.78 is 5.62. The minimum absolute atomic E-state index is 0.148. The first kappa shape index (κ1) is 14.4. The Labute approximate surface area is 118 Å². The van der Waals surface area contributed by atoms with Gasteiger partial charge in [-0.3, -0.25) is 9.69 Å². The number of carbonyl (C=O) groups excluding carboxylic acids is 2. The average molecular weight is 276 g/mol. The molecule has 1 N–H and O–H groups in total. The van der Waals surface area contributed by atoms with E-state index < -0.39 is 0 Å². The number of nitrogens with one attached hydrogen (secondary N) is 1. The first-order valence-electron chi connectivity index (χ1n) is 6.93. The predicted octanol–water partition coefficient (Wildman–Crippen LogP) is 2.09. The largest absolute Gasteiger partial charge is 0.491 e. The molecule has 0 aromatic heterocycles. The van der Waals surface area contributed by atoms with E-state index in [0.29, 0.717) is 13.0 Å². The summed E-state index contributed by atoms with van der Waals surface area (Å²) in [5.74, 6) is 0.634. The molecule has 0 saturated carbocycles. The second-order valence-electron chi connectivity index (χ2n) is 4.89. The first-order chi connectivity index (χ1) is 9.63. The monoisotopic (exact) mass is 276 g/mol. The number of nitrogens with zero attached hydrogens (tertiary/aromatic N) is 1. The number of benzene rings is 1.